The van der Waals surface area contributed by atoms with Crippen molar-refractivity contribution in [3.63, 3.8) is 0 Å². The third-order valence-corrected chi connectivity index (χ3v) is 9.22. The minimum atomic E-state index is -1.03. The number of fused-ring (bicyclic) bond motifs is 1. The van der Waals surface area contributed by atoms with Crippen molar-refractivity contribution in [1.29, 1.82) is 0 Å². The molecule has 0 bridgehead atoms. The Bertz CT molecular complexity index is 1280. The first kappa shape index (κ1) is 29.2. The van der Waals surface area contributed by atoms with Crippen molar-refractivity contribution in [2.24, 2.45) is 0 Å². The van der Waals surface area contributed by atoms with Crippen molar-refractivity contribution < 1.29 is 19.1 Å². The Morgan fingerprint density at radius 3 is 2.44 bits per heavy atom. The Morgan fingerprint density at radius 2 is 1.68 bits per heavy atom. The van der Waals surface area contributed by atoms with Crippen LogP contribution >= 0.6 is 11.3 Å². The second-order valence-electron chi connectivity index (χ2n) is 11.1. The molecule has 218 valence electrons. The van der Waals surface area contributed by atoms with Gasteiger partial charge in [-0.1, -0.05) is 61.4 Å². The van der Waals surface area contributed by atoms with Gasteiger partial charge in [-0.05, 0) is 61.7 Å². The van der Waals surface area contributed by atoms with Gasteiger partial charge >= 0.3 is 0 Å². The van der Waals surface area contributed by atoms with Crippen molar-refractivity contribution in [2.75, 3.05) is 26.3 Å². The van der Waals surface area contributed by atoms with Gasteiger partial charge in [0.25, 0.3) is 5.91 Å². The number of ether oxygens (including phenoxy) is 1. The first-order valence-electron chi connectivity index (χ1n) is 14.8. The largest absolute Gasteiger partial charge is 0.381 e. The van der Waals surface area contributed by atoms with E-state index in [1.165, 1.54) is 11.3 Å². The minimum Gasteiger partial charge on any atom is -0.381 e. The first-order chi connectivity index (χ1) is 20.0. The molecule has 3 amide bonds. The first-order valence-corrected chi connectivity index (χ1v) is 15.6. The molecule has 41 heavy (non-hydrogen) atoms. The Kier molecular flexibility index (Phi) is 10.0. The number of rotatable bonds is 12. The van der Waals surface area contributed by atoms with E-state index in [0.29, 0.717) is 36.7 Å². The van der Waals surface area contributed by atoms with Gasteiger partial charge in [-0.3, -0.25) is 14.4 Å². The fourth-order valence-corrected chi connectivity index (χ4v) is 6.70. The number of hydrogen-bond acceptors (Lipinski definition) is 6. The average Bonchev–Trinajstić information content (AvgIpc) is 3.66. The summed E-state index contributed by atoms with van der Waals surface area (Å²) in [5.74, 6) is -0.747. The van der Waals surface area contributed by atoms with E-state index < -0.39 is 11.6 Å². The molecule has 2 aromatic carbocycles. The topological polar surface area (TPSA) is 109 Å². The molecule has 1 atom stereocenters. The van der Waals surface area contributed by atoms with Crippen molar-refractivity contribution in [3.8, 4) is 0 Å². The zero-order valence-corrected chi connectivity index (χ0v) is 24.3. The lowest BCUT2D eigenvalue weighted by Crippen LogP contribution is -2.61. The van der Waals surface area contributed by atoms with E-state index in [1.54, 1.807) is 0 Å². The predicted molar refractivity (Wildman–Crippen MR) is 162 cm³/mol. The summed E-state index contributed by atoms with van der Waals surface area (Å²) in [5, 5.41) is 13.7. The highest BCUT2D eigenvalue weighted by Crippen LogP contribution is 2.32. The molecular formula is C32H40N4O4S. The number of carbonyl (C=O) groups excluding carboxylic acids is 3. The van der Waals surface area contributed by atoms with Crippen molar-refractivity contribution in [2.45, 2.75) is 69.0 Å². The van der Waals surface area contributed by atoms with Crippen LogP contribution in [-0.2, 0) is 20.7 Å². The molecule has 2 heterocycles. The van der Waals surface area contributed by atoms with E-state index in [2.05, 4.69) is 21.3 Å². The second kappa shape index (κ2) is 14.1. The van der Waals surface area contributed by atoms with E-state index in [1.807, 2.05) is 60.7 Å². The van der Waals surface area contributed by atoms with Gasteiger partial charge in [0.2, 0.25) is 11.8 Å². The molecule has 3 aromatic rings. The van der Waals surface area contributed by atoms with Gasteiger partial charge in [0.05, 0.1) is 4.88 Å². The van der Waals surface area contributed by atoms with E-state index in [9.17, 15) is 14.4 Å². The van der Waals surface area contributed by atoms with Gasteiger partial charge in [0, 0.05) is 36.9 Å². The van der Waals surface area contributed by atoms with Gasteiger partial charge in [0.1, 0.15) is 11.6 Å². The normalized spacial score (nSPS) is 17.7. The standard InChI is InChI=1S/C32H40N4O4S/c37-29(34-18-8-17-33-25-13-19-40-20-14-25)26(21-23-9-2-1-3-10-23)35-31(39)32(15-6-7-16-32)36-30(38)28-22-24-11-4-5-12-27(24)41-28/h1-5,9-12,22,25-26,33H,6-8,13-21H2,(H,34,37)(H,35,39)(H,36,38)/t26-/m1/s1. The Hall–Kier alpha value is -3.27. The van der Waals surface area contributed by atoms with Crippen LogP contribution < -0.4 is 21.3 Å². The van der Waals surface area contributed by atoms with Crippen molar-refractivity contribution in [3.05, 3.63) is 71.1 Å². The van der Waals surface area contributed by atoms with Crippen LogP contribution in [0.3, 0.4) is 0 Å². The fraction of sp³-hybridized carbons (Fsp3) is 0.469. The third-order valence-electron chi connectivity index (χ3n) is 8.11. The molecule has 1 saturated carbocycles. The maximum atomic E-state index is 13.8. The molecule has 1 saturated heterocycles. The highest BCUT2D eigenvalue weighted by atomic mass is 32.1. The second-order valence-corrected chi connectivity index (χ2v) is 12.2. The summed E-state index contributed by atoms with van der Waals surface area (Å²) in [5.41, 5.74) is -0.0697. The lowest BCUT2D eigenvalue weighted by Gasteiger charge is -2.31. The molecule has 4 N–H and O–H groups in total. The number of thiophene rings is 1. The maximum absolute atomic E-state index is 13.8. The van der Waals surface area contributed by atoms with Gasteiger partial charge in [-0.2, -0.15) is 0 Å². The Labute approximate surface area is 245 Å². The zero-order valence-electron chi connectivity index (χ0n) is 23.5. The molecule has 0 unspecified atom stereocenters. The summed E-state index contributed by atoms with van der Waals surface area (Å²) in [6, 6.07) is 19.2. The molecule has 1 aromatic heterocycles. The molecule has 0 spiro atoms. The summed E-state index contributed by atoms with van der Waals surface area (Å²) in [6.45, 7) is 2.92. The summed E-state index contributed by atoms with van der Waals surface area (Å²) >= 11 is 1.42. The lowest BCUT2D eigenvalue weighted by molar-refractivity contribution is -0.132. The van der Waals surface area contributed by atoms with Crippen LogP contribution in [0.4, 0.5) is 0 Å². The Balaban J connectivity index is 1.22. The van der Waals surface area contributed by atoms with Gasteiger partial charge < -0.3 is 26.0 Å². The molecule has 0 radical (unpaired) electrons. The smallest absolute Gasteiger partial charge is 0.262 e. The van der Waals surface area contributed by atoms with Crippen LogP contribution in [0.5, 0.6) is 0 Å². The average molecular weight is 577 g/mol. The fourth-order valence-electron chi connectivity index (χ4n) is 5.75. The zero-order chi connectivity index (χ0) is 28.5. The molecule has 1 aliphatic heterocycles. The predicted octanol–water partition coefficient (Wildman–Crippen LogP) is 3.95. The maximum Gasteiger partial charge on any atom is 0.262 e. The van der Waals surface area contributed by atoms with Gasteiger partial charge in [-0.25, -0.2) is 0 Å². The van der Waals surface area contributed by atoms with Crippen LogP contribution in [-0.4, -0.2) is 61.6 Å². The third kappa shape index (κ3) is 7.72. The van der Waals surface area contributed by atoms with E-state index in [4.69, 9.17) is 4.74 Å². The highest BCUT2D eigenvalue weighted by Gasteiger charge is 2.44. The van der Waals surface area contributed by atoms with Crippen LogP contribution in [0.2, 0.25) is 0 Å². The van der Waals surface area contributed by atoms with E-state index in [0.717, 1.165) is 67.5 Å². The van der Waals surface area contributed by atoms with Crippen LogP contribution in [0.25, 0.3) is 10.1 Å². The highest BCUT2D eigenvalue weighted by molar-refractivity contribution is 7.20. The summed E-state index contributed by atoms with van der Waals surface area (Å²) in [6.07, 6.45) is 5.98. The van der Waals surface area contributed by atoms with Crippen LogP contribution in [0, 0.1) is 0 Å². The van der Waals surface area contributed by atoms with Crippen molar-refractivity contribution in [1.82, 2.24) is 21.3 Å². The van der Waals surface area contributed by atoms with Gasteiger partial charge in [0.15, 0.2) is 0 Å². The van der Waals surface area contributed by atoms with E-state index >= 15 is 0 Å². The van der Waals surface area contributed by atoms with Gasteiger partial charge in [-0.15, -0.1) is 11.3 Å². The summed E-state index contributed by atoms with van der Waals surface area (Å²) < 4.78 is 6.44. The minimum absolute atomic E-state index is 0.211. The number of hydrogen-bond donors (Lipinski definition) is 4. The SMILES string of the molecule is O=C(NC1(C(=O)N[C@H](Cc2ccccc2)C(=O)NCCCNC2CCOCC2)CCCC1)c1cc2ccccc2s1. The van der Waals surface area contributed by atoms with Crippen LogP contribution in [0.15, 0.2) is 60.7 Å². The van der Waals surface area contributed by atoms with Crippen molar-refractivity contribution >= 4 is 39.1 Å². The molecule has 2 fully saturated rings. The van der Waals surface area contributed by atoms with Crippen LogP contribution in [0.1, 0.15) is 60.2 Å². The molecule has 5 rings (SSSR count). The molecule has 1 aliphatic carbocycles. The number of nitrogens with one attached hydrogen (secondary N) is 4. The Morgan fingerprint density at radius 1 is 0.951 bits per heavy atom. The number of amides is 3. The summed E-state index contributed by atoms with van der Waals surface area (Å²) in [7, 11) is 0. The number of carbonyl (C=O) groups is 3. The monoisotopic (exact) mass is 576 g/mol. The molecule has 9 heteroatoms. The molecular weight excluding hydrogens is 536 g/mol. The summed E-state index contributed by atoms with van der Waals surface area (Å²) in [4.78, 5) is 41.1. The molecule has 8 nitrogen and oxygen atoms in total. The van der Waals surface area contributed by atoms with E-state index in [-0.39, 0.29) is 17.7 Å². The molecule has 2 aliphatic rings. The quantitative estimate of drug-likeness (QED) is 0.244. The lowest BCUT2D eigenvalue weighted by atomic mass is 9.94. The number of benzene rings is 2.